The highest BCUT2D eigenvalue weighted by Gasteiger charge is 2.18. The Kier molecular flexibility index (Phi) is 4.73. The molecule has 3 N–H and O–H groups in total. The molecule has 0 radical (unpaired) electrons. The molecule has 0 bridgehead atoms. The predicted molar refractivity (Wildman–Crippen MR) is 69.2 cm³/mol. The lowest BCUT2D eigenvalue weighted by molar-refractivity contribution is -0.407. The van der Waals surface area contributed by atoms with Gasteiger partial charge in [0.05, 0.1) is 7.11 Å². The van der Waals surface area contributed by atoms with Crippen LogP contribution < -0.4 is 10.5 Å². The van der Waals surface area contributed by atoms with Crippen LogP contribution in [0.2, 0.25) is 0 Å². The number of quaternary nitrogens is 1. The van der Waals surface area contributed by atoms with Crippen molar-refractivity contribution in [3.05, 3.63) is 29.8 Å². The molecule has 1 rings (SSSR count). The number of methoxy groups -OCH3 is 1. The molecule has 0 unspecified atom stereocenters. The van der Waals surface area contributed by atoms with E-state index in [-0.39, 0.29) is 17.6 Å². The summed E-state index contributed by atoms with van der Waals surface area (Å²) in [5.41, 5.74) is 4.62. The van der Waals surface area contributed by atoms with Gasteiger partial charge in [-0.25, -0.2) is 4.79 Å². The van der Waals surface area contributed by atoms with Gasteiger partial charge in [-0.2, -0.15) is 0 Å². The minimum atomic E-state index is -0.371. The van der Waals surface area contributed by atoms with Crippen LogP contribution in [0.15, 0.2) is 24.3 Å². The molecule has 0 aliphatic carbocycles. The van der Waals surface area contributed by atoms with Gasteiger partial charge in [-0.1, -0.05) is 12.1 Å². The maximum absolute atomic E-state index is 11.3. The highest BCUT2D eigenvalue weighted by molar-refractivity contribution is 5.74. The number of rotatable bonds is 4. The van der Waals surface area contributed by atoms with Gasteiger partial charge in [0, 0.05) is 6.42 Å². The molecule has 0 saturated heterocycles. The van der Waals surface area contributed by atoms with Crippen LogP contribution in [0.4, 0.5) is 0 Å². The zero-order chi connectivity index (χ0) is 13.8. The molecule has 18 heavy (non-hydrogen) atoms. The molecule has 0 aromatic heterocycles. The Balaban J connectivity index is 2.63. The van der Waals surface area contributed by atoms with E-state index in [9.17, 15) is 4.79 Å². The summed E-state index contributed by atoms with van der Waals surface area (Å²) in [6.07, 6.45) is 0.572. The van der Waals surface area contributed by atoms with Gasteiger partial charge in [-0.3, -0.25) is 0 Å². The second kappa shape index (κ2) is 5.87. The van der Waals surface area contributed by atoms with Crippen LogP contribution in [-0.2, 0) is 16.0 Å². The molecule has 4 nitrogen and oxygen atoms in total. The topological polar surface area (TPSA) is 63.2 Å². The minimum Gasteiger partial charge on any atom is -0.488 e. The molecule has 1 aromatic rings. The van der Waals surface area contributed by atoms with E-state index in [0.717, 1.165) is 11.3 Å². The van der Waals surface area contributed by atoms with Crippen molar-refractivity contribution < 1.29 is 20.0 Å². The molecular weight excluding hydrogens is 230 g/mol. The van der Waals surface area contributed by atoms with E-state index in [0.29, 0.717) is 6.42 Å². The van der Waals surface area contributed by atoms with E-state index in [2.05, 4.69) is 10.5 Å². The summed E-state index contributed by atoms with van der Waals surface area (Å²) >= 11 is 0. The molecule has 0 fully saturated rings. The number of carbonyl (C=O) groups is 1. The molecule has 0 saturated carbocycles. The summed E-state index contributed by atoms with van der Waals surface area (Å²) < 4.78 is 10.4. The summed E-state index contributed by atoms with van der Waals surface area (Å²) in [5.74, 6) is 0.537. The van der Waals surface area contributed by atoms with Gasteiger partial charge in [-0.15, -0.1) is 0 Å². The van der Waals surface area contributed by atoms with Crippen LogP contribution in [0.1, 0.15) is 26.3 Å². The third kappa shape index (κ3) is 4.75. The SMILES string of the molecule is COC(=O)[C@@H]([NH3+])Cc1ccc(OC(C)(C)C)cc1. The third-order valence-corrected chi connectivity index (χ3v) is 2.36. The van der Waals surface area contributed by atoms with Crippen LogP contribution >= 0.6 is 0 Å². The minimum absolute atomic E-state index is 0.206. The van der Waals surface area contributed by atoms with Crippen molar-refractivity contribution in [3.8, 4) is 5.75 Å². The van der Waals surface area contributed by atoms with E-state index in [1.165, 1.54) is 7.11 Å². The van der Waals surface area contributed by atoms with Crippen LogP contribution in [0.3, 0.4) is 0 Å². The number of hydrogen-bond acceptors (Lipinski definition) is 3. The fraction of sp³-hybridized carbons (Fsp3) is 0.500. The smallest absolute Gasteiger partial charge is 0.364 e. The van der Waals surface area contributed by atoms with Gasteiger partial charge >= 0.3 is 5.97 Å². The van der Waals surface area contributed by atoms with Gasteiger partial charge < -0.3 is 15.2 Å². The van der Waals surface area contributed by atoms with Crippen LogP contribution in [-0.4, -0.2) is 24.7 Å². The quantitative estimate of drug-likeness (QED) is 0.819. The lowest BCUT2D eigenvalue weighted by Gasteiger charge is -2.21. The molecule has 100 valence electrons. The van der Waals surface area contributed by atoms with E-state index in [1.807, 2.05) is 45.0 Å². The number of hydrogen-bond donors (Lipinski definition) is 1. The Bertz CT molecular complexity index is 392. The summed E-state index contributed by atoms with van der Waals surface area (Å²) in [5, 5.41) is 0. The maximum Gasteiger partial charge on any atom is 0.364 e. The number of esters is 1. The van der Waals surface area contributed by atoms with Crippen molar-refractivity contribution in [2.45, 2.75) is 38.8 Å². The number of benzene rings is 1. The van der Waals surface area contributed by atoms with Gasteiger partial charge in [-0.05, 0) is 38.5 Å². The lowest BCUT2D eigenvalue weighted by atomic mass is 10.1. The fourth-order valence-corrected chi connectivity index (χ4v) is 1.58. The molecular formula is C14H22NO3+. The summed E-state index contributed by atoms with van der Waals surface area (Å²) in [7, 11) is 1.38. The van der Waals surface area contributed by atoms with Crippen molar-refractivity contribution in [1.29, 1.82) is 0 Å². The monoisotopic (exact) mass is 252 g/mol. The first kappa shape index (κ1) is 14.5. The second-order valence-corrected chi connectivity index (χ2v) is 5.28. The van der Waals surface area contributed by atoms with Crippen LogP contribution in [0.25, 0.3) is 0 Å². The van der Waals surface area contributed by atoms with Crippen molar-refractivity contribution in [1.82, 2.24) is 0 Å². The molecule has 0 spiro atoms. The van der Waals surface area contributed by atoms with Crippen LogP contribution in [0.5, 0.6) is 5.75 Å². The Morgan fingerprint density at radius 3 is 2.28 bits per heavy atom. The van der Waals surface area contributed by atoms with E-state index in [4.69, 9.17) is 4.74 Å². The molecule has 4 heteroatoms. The van der Waals surface area contributed by atoms with E-state index >= 15 is 0 Å². The zero-order valence-corrected chi connectivity index (χ0v) is 11.5. The first-order valence-corrected chi connectivity index (χ1v) is 6.00. The number of carbonyl (C=O) groups excluding carboxylic acids is 1. The van der Waals surface area contributed by atoms with Crippen molar-refractivity contribution >= 4 is 5.97 Å². The van der Waals surface area contributed by atoms with Crippen molar-refractivity contribution in [2.24, 2.45) is 0 Å². The highest BCUT2D eigenvalue weighted by atomic mass is 16.5. The molecule has 1 aromatic carbocycles. The summed E-state index contributed by atoms with van der Waals surface area (Å²) in [4.78, 5) is 11.3. The first-order valence-electron chi connectivity index (χ1n) is 6.00. The van der Waals surface area contributed by atoms with Crippen LogP contribution in [0, 0.1) is 0 Å². The average molecular weight is 252 g/mol. The lowest BCUT2D eigenvalue weighted by Crippen LogP contribution is -2.66. The summed E-state index contributed by atoms with van der Waals surface area (Å²) in [6, 6.07) is 7.34. The highest BCUT2D eigenvalue weighted by Crippen LogP contribution is 2.18. The van der Waals surface area contributed by atoms with Gasteiger partial charge in [0.15, 0.2) is 6.04 Å². The molecule has 0 amide bonds. The fourth-order valence-electron chi connectivity index (χ4n) is 1.58. The molecule has 0 heterocycles. The Morgan fingerprint density at radius 2 is 1.83 bits per heavy atom. The number of ether oxygens (including phenoxy) is 2. The molecule has 0 aliphatic rings. The normalized spacial score (nSPS) is 12.9. The maximum atomic E-state index is 11.3. The average Bonchev–Trinajstić information content (AvgIpc) is 2.28. The third-order valence-electron chi connectivity index (χ3n) is 2.36. The summed E-state index contributed by atoms with van der Waals surface area (Å²) in [6.45, 7) is 6.01. The Morgan fingerprint density at radius 1 is 1.28 bits per heavy atom. The predicted octanol–water partition coefficient (Wildman–Crippen LogP) is 1.19. The second-order valence-electron chi connectivity index (χ2n) is 5.28. The van der Waals surface area contributed by atoms with E-state index < -0.39 is 0 Å². The van der Waals surface area contributed by atoms with Crippen molar-refractivity contribution in [2.75, 3.05) is 7.11 Å². The zero-order valence-electron chi connectivity index (χ0n) is 11.5. The van der Waals surface area contributed by atoms with Gasteiger partial charge in [0.2, 0.25) is 0 Å². The van der Waals surface area contributed by atoms with E-state index in [1.54, 1.807) is 0 Å². The van der Waals surface area contributed by atoms with Gasteiger partial charge in [0.1, 0.15) is 11.4 Å². The standard InChI is InChI=1S/C14H21NO3/c1-14(2,3)18-11-7-5-10(6-8-11)9-12(15)13(16)17-4/h5-8,12H,9,15H2,1-4H3/p+1/t12-/m0/s1. The Hall–Kier alpha value is -1.55. The van der Waals surface area contributed by atoms with Crippen molar-refractivity contribution in [3.63, 3.8) is 0 Å². The molecule has 1 atom stereocenters. The largest absolute Gasteiger partial charge is 0.488 e. The molecule has 0 aliphatic heterocycles. The Labute approximate surface area is 108 Å². The first-order chi connectivity index (χ1) is 8.31. The van der Waals surface area contributed by atoms with Gasteiger partial charge in [0.25, 0.3) is 0 Å².